The van der Waals surface area contributed by atoms with Gasteiger partial charge in [0.15, 0.2) is 11.6 Å². The molecule has 0 spiro atoms. The van der Waals surface area contributed by atoms with Crippen molar-refractivity contribution in [2.75, 3.05) is 20.7 Å². The van der Waals surface area contributed by atoms with E-state index in [0.717, 1.165) is 16.7 Å². The predicted octanol–water partition coefficient (Wildman–Crippen LogP) is 3.55. The second-order valence-corrected chi connectivity index (χ2v) is 12.3. The molecule has 2 aromatic carbocycles. The molecular formula is C33H37N3O8. The maximum Gasteiger partial charge on any atom is 0.407 e. The molecule has 44 heavy (non-hydrogen) atoms. The zero-order valence-electron chi connectivity index (χ0n) is 25.1. The number of allylic oxidation sites excluding steroid dienone is 2. The predicted molar refractivity (Wildman–Crippen MR) is 161 cm³/mol. The van der Waals surface area contributed by atoms with E-state index in [4.69, 9.17) is 10.5 Å². The Kier molecular flexibility index (Phi) is 8.26. The molecule has 11 nitrogen and oxygen atoms in total. The Morgan fingerprint density at radius 2 is 1.73 bits per heavy atom. The topological polar surface area (TPSA) is 179 Å². The minimum atomic E-state index is -1.23. The van der Waals surface area contributed by atoms with Gasteiger partial charge in [0.1, 0.15) is 22.8 Å². The van der Waals surface area contributed by atoms with Crippen LogP contribution in [-0.4, -0.2) is 70.5 Å². The Balaban J connectivity index is 1.48. The Hall–Kier alpha value is -4.64. The average molecular weight is 604 g/mol. The van der Waals surface area contributed by atoms with Crippen LogP contribution < -0.4 is 11.1 Å². The molecule has 0 heterocycles. The quantitative estimate of drug-likeness (QED) is 0.296. The van der Waals surface area contributed by atoms with E-state index in [1.165, 1.54) is 6.07 Å². The highest BCUT2D eigenvalue weighted by molar-refractivity contribution is 6.22. The minimum absolute atomic E-state index is 0.0352. The van der Waals surface area contributed by atoms with Crippen LogP contribution in [0.2, 0.25) is 0 Å². The first kappa shape index (κ1) is 30.8. The van der Waals surface area contributed by atoms with Crippen LogP contribution in [0.4, 0.5) is 4.79 Å². The van der Waals surface area contributed by atoms with Gasteiger partial charge < -0.3 is 31.1 Å². The fourth-order valence-corrected chi connectivity index (χ4v) is 6.81. The summed E-state index contributed by atoms with van der Waals surface area (Å²) >= 11 is 0. The summed E-state index contributed by atoms with van der Waals surface area (Å²) in [6, 6.07) is 9.81. The fourth-order valence-electron chi connectivity index (χ4n) is 6.81. The molecule has 0 fully saturated rings. The summed E-state index contributed by atoms with van der Waals surface area (Å²) in [4.78, 5) is 53.0. The molecule has 232 valence electrons. The molecule has 2 amide bonds. The van der Waals surface area contributed by atoms with Gasteiger partial charge in [-0.2, -0.15) is 0 Å². The highest BCUT2D eigenvalue weighted by Crippen LogP contribution is 2.51. The van der Waals surface area contributed by atoms with Crippen molar-refractivity contribution < 1.29 is 39.2 Å². The number of hydrogen-bond acceptors (Lipinski definition) is 9. The maximum absolute atomic E-state index is 13.9. The first-order chi connectivity index (χ1) is 20.8. The van der Waals surface area contributed by atoms with Crippen LogP contribution in [0.5, 0.6) is 5.75 Å². The van der Waals surface area contributed by atoms with Crippen LogP contribution >= 0.6 is 0 Å². The van der Waals surface area contributed by atoms with Crippen molar-refractivity contribution in [1.82, 2.24) is 10.2 Å². The number of nitrogens with two attached hydrogens (primary N) is 1. The van der Waals surface area contributed by atoms with Gasteiger partial charge in [0.25, 0.3) is 5.91 Å². The highest BCUT2D eigenvalue weighted by Gasteiger charge is 2.54. The molecule has 0 aliphatic heterocycles. The molecule has 0 saturated heterocycles. The van der Waals surface area contributed by atoms with Gasteiger partial charge in [0.05, 0.1) is 24.1 Å². The first-order valence-corrected chi connectivity index (χ1v) is 14.6. The molecule has 4 atom stereocenters. The number of phenolic OH excluding ortho intramolecular Hbond substituents is 1. The summed E-state index contributed by atoms with van der Waals surface area (Å²) in [5.74, 6) is -5.76. The largest absolute Gasteiger partial charge is 0.511 e. The molecule has 11 heteroatoms. The zero-order valence-corrected chi connectivity index (χ0v) is 25.1. The number of rotatable bonds is 7. The Labute approximate surface area is 255 Å². The van der Waals surface area contributed by atoms with E-state index >= 15 is 0 Å². The summed E-state index contributed by atoms with van der Waals surface area (Å²) in [5, 5.41) is 35.9. The minimum Gasteiger partial charge on any atom is -0.511 e. The third kappa shape index (κ3) is 5.32. The number of aliphatic hydroxyl groups excluding tert-OH is 2. The number of amides is 2. The molecule has 0 aromatic heterocycles. The molecule has 3 aliphatic carbocycles. The van der Waals surface area contributed by atoms with Gasteiger partial charge in [0.2, 0.25) is 0 Å². The summed E-state index contributed by atoms with van der Waals surface area (Å²) < 4.78 is 5.15. The number of carbonyl (C=O) groups excluding carboxylic acids is 4. The molecule has 1 unspecified atom stereocenters. The van der Waals surface area contributed by atoms with Crippen LogP contribution in [0.1, 0.15) is 41.8 Å². The van der Waals surface area contributed by atoms with Crippen molar-refractivity contribution >= 4 is 23.6 Å². The van der Waals surface area contributed by atoms with Gasteiger partial charge in [0, 0.05) is 12.1 Å². The fraction of sp³-hybridized carbons (Fsp3) is 0.394. The number of nitrogens with one attached hydrogen (secondary N) is 1. The van der Waals surface area contributed by atoms with E-state index in [1.807, 2.05) is 38.1 Å². The second-order valence-electron chi connectivity index (χ2n) is 12.3. The van der Waals surface area contributed by atoms with Crippen molar-refractivity contribution in [3.8, 4) is 16.9 Å². The number of carbonyl (C=O) groups is 4. The monoisotopic (exact) mass is 603 g/mol. The number of Topliss-reactive ketones (excluding diaryl/α,β-unsaturated/α-hetero) is 2. The lowest BCUT2D eigenvalue weighted by Gasteiger charge is -2.46. The number of aliphatic hydroxyl groups is 2. The number of hydrogen-bond donors (Lipinski definition) is 5. The molecule has 0 bridgehead atoms. The molecule has 3 aliphatic rings. The van der Waals surface area contributed by atoms with Crippen molar-refractivity contribution in [1.29, 1.82) is 0 Å². The van der Waals surface area contributed by atoms with Crippen molar-refractivity contribution in [2.45, 2.75) is 39.3 Å². The van der Waals surface area contributed by atoms with E-state index in [2.05, 4.69) is 5.32 Å². The number of fused-ring (bicyclic) bond motifs is 3. The Bertz CT molecular complexity index is 1610. The van der Waals surface area contributed by atoms with Gasteiger partial charge in [-0.3, -0.25) is 19.3 Å². The lowest BCUT2D eigenvalue weighted by Crippen LogP contribution is -2.53. The van der Waals surface area contributed by atoms with Gasteiger partial charge in [-0.25, -0.2) is 4.79 Å². The lowest BCUT2D eigenvalue weighted by atomic mass is 9.60. The summed E-state index contributed by atoms with van der Waals surface area (Å²) in [6.45, 7) is 4.50. The second kappa shape index (κ2) is 11.8. The van der Waals surface area contributed by atoms with Crippen molar-refractivity contribution in [3.63, 3.8) is 0 Å². The third-order valence-corrected chi connectivity index (χ3v) is 8.70. The number of alkyl carbamates (subject to hydrolysis) is 1. The molecule has 5 rings (SSSR count). The normalized spacial score (nSPS) is 23.0. The number of likely N-dealkylation sites (N-methyl/N-ethyl adjacent to an activating group) is 1. The molecule has 2 aromatic rings. The van der Waals surface area contributed by atoms with Crippen LogP contribution in [-0.2, 0) is 27.3 Å². The van der Waals surface area contributed by atoms with Crippen LogP contribution in [0.25, 0.3) is 11.1 Å². The Morgan fingerprint density at radius 1 is 1.05 bits per heavy atom. The third-order valence-electron chi connectivity index (χ3n) is 8.70. The maximum atomic E-state index is 13.9. The number of aromatic hydroxyl groups is 1. The summed E-state index contributed by atoms with van der Waals surface area (Å²) in [5.41, 5.74) is 7.92. The summed E-state index contributed by atoms with van der Waals surface area (Å²) in [6.07, 6.45) is 0.0634. The van der Waals surface area contributed by atoms with E-state index in [-0.39, 0.29) is 35.8 Å². The van der Waals surface area contributed by atoms with E-state index in [1.54, 1.807) is 25.1 Å². The van der Waals surface area contributed by atoms with Crippen LogP contribution in [0, 0.1) is 23.7 Å². The first-order valence-electron chi connectivity index (χ1n) is 14.6. The molecule has 0 saturated carbocycles. The number of phenols is 1. The molecule has 6 N–H and O–H groups in total. The van der Waals surface area contributed by atoms with Crippen molar-refractivity contribution in [2.24, 2.45) is 29.4 Å². The average Bonchev–Trinajstić information content (AvgIpc) is 2.94. The summed E-state index contributed by atoms with van der Waals surface area (Å²) in [7, 11) is 3.38. The highest BCUT2D eigenvalue weighted by atomic mass is 16.5. The number of ether oxygens (including phenoxy) is 1. The van der Waals surface area contributed by atoms with Gasteiger partial charge in [-0.15, -0.1) is 0 Å². The molecular weight excluding hydrogens is 566 g/mol. The van der Waals surface area contributed by atoms with Crippen LogP contribution in [0.3, 0.4) is 0 Å². The smallest absolute Gasteiger partial charge is 0.407 e. The zero-order chi connectivity index (χ0) is 32.0. The van der Waals surface area contributed by atoms with Crippen molar-refractivity contribution in [3.05, 3.63) is 75.8 Å². The van der Waals surface area contributed by atoms with E-state index < -0.39 is 64.5 Å². The van der Waals surface area contributed by atoms with Gasteiger partial charge in [-0.1, -0.05) is 44.2 Å². The van der Waals surface area contributed by atoms with Gasteiger partial charge in [-0.05, 0) is 73.0 Å². The lowest BCUT2D eigenvalue weighted by molar-refractivity contribution is -0.127. The SMILES string of the molecule is CC(C)COC(=O)NCc1ccc(-c2ccc(O)c3c2C[C@H]2C[C@@H]4C(C(=O)C(C(N)=O)=C(O)[C@H]4N(C)C)C(O)=C2C3=O)cc1. The number of primary amides is 1. The number of nitrogens with zero attached hydrogens (tertiary/aromatic N) is 1. The number of benzene rings is 2. The number of ketones is 2. The van der Waals surface area contributed by atoms with Gasteiger partial charge >= 0.3 is 6.09 Å². The van der Waals surface area contributed by atoms with E-state index in [9.17, 15) is 34.5 Å². The van der Waals surface area contributed by atoms with Crippen LogP contribution in [0.15, 0.2) is 59.1 Å². The Morgan fingerprint density at radius 3 is 2.34 bits per heavy atom. The van der Waals surface area contributed by atoms with E-state index in [0.29, 0.717) is 18.6 Å². The standard InChI is InChI=1S/C33H37N3O8/c1-15(2)14-44-33(43)35-13-16-5-7-17(8-6-16)19-9-10-22(37)24-20(19)11-18-12-21-25(29(39)23(18)28(24)38)30(40)26(32(34)42)31(41)27(21)36(3)4/h5-10,15,18,21,25,27,37,39,41H,11-14H2,1-4H3,(H2,34,42)(H,35,43)/t18-,21+,25?,27-/m0/s1. The molecule has 0 radical (unpaired) electrons.